The Kier molecular flexibility index (Phi) is 4.61. The molecule has 0 bridgehead atoms. The number of rotatable bonds is 5. The maximum atomic E-state index is 12.3. The minimum atomic E-state index is -3.69. The average molecular weight is 363 g/mol. The van der Waals surface area contributed by atoms with Gasteiger partial charge in [0.15, 0.2) is 0 Å². The van der Waals surface area contributed by atoms with Crippen LogP contribution >= 0.6 is 15.9 Å². The molecule has 3 N–H and O–H groups in total. The summed E-state index contributed by atoms with van der Waals surface area (Å²) >= 11 is 3.20. The van der Waals surface area contributed by atoms with Crippen LogP contribution < -0.4 is 15.4 Å². The normalized spacial score (nSPS) is 18.9. The molecule has 20 heavy (non-hydrogen) atoms. The zero-order valence-corrected chi connectivity index (χ0v) is 13.2. The SMILES string of the molecule is CNc1ncc(Br)cc1S(=O)(=O)NCC1CCC(=O)N1. The van der Waals surface area contributed by atoms with Gasteiger partial charge in [0.2, 0.25) is 15.9 Å². The molecule has 1 atom stereocenters. The van der Waals surface area contributed by atoms with Crippen LogP contribution in [-0.4, -0.2) is 38.9 Å². The monoisotopic (exact) mass is 362 g/mol. The van der Waals surface area contributed by atoms with E-state index in [1.807, 2.05) is 0 Å². The second kappa shape index (κ2) is 6.06. The van der Waals surface area contributed by atoms with E-state index in [0.29, 0.717) is 17.3 Å². The van der Waals surface area contributed by atoms with Gasteiger partial charge < -0.3 is 10.6 Å². The highest BCUT2D eigenvalue weighted by atomic mass is 79.9. The van der Waals surface area contributed by atoms with Crippen molar-refractivity contribution in [3.63, 3.8) is 0 Å². The number of carbonyl (C=O) groups is 1. The quantitative estimate of drug-likeness (QED) is 0.705. The third kappa shape index (κ3) is 3.47. The predicted octanol–water partition coefficient (Wildman–Crippen LogP) is 0.443. The lowest BCUT2D eigenvalue weighted by Crippen LogP contribution is -2.38. The Balaban J connectivity index is 2.14. The number of hydrogen-bond acceptors (Lipinski definition) is 5. The Bertz CT molecular complexity index is 620. The number of amides is 1. The van der Waals surface area contributed by atoms with Gasteiger partial charge in [0.25, 0.3) is 0 Å². The van der Waals surface area contributed by atoms with Gasteiger partial charge in [-0.3, -0.25) is 4.79 Å². The number of nitrogens with one attached hydrogen (secondary N) is 3. The van der Waals surface area contributed by atoms with Crippen LogP contribution in [0, 0.1) is 0 Å². The van der Waals surface area contributed by atoms with Crippen LogP contribution in [0.4, 0.5) is 5.82 Å². The Labute approximate surface area is 125 Å². The molecule has 1 aliphatic rings. The topological polar surface area (TPSA) is 100 Å². The van der Waals surface area contributed by atoms with Crippen molar-refractivity contribution in [2.24, 2.45) is 0 Å². The number of halogens is 1. The Morgan fingerprint density at radius 3 is 2.90 bits per heavy atom. The van der Waals surface area contributed by atoms with Crippen molar-refractivity contribution < 1.29 is 13.2 Å². The summed E-state index contributed by atoms with van der Waals surface area (Å²) in [7, 11) is -2.08. The molecule has 9 heteroatoms. The molecule has 7 nitrogen and oxygen atoms in total. The van der Waals surface area contributed by atoms with E-state index in [9.17, 15) is 13.2 Å². The highest BCUT2D eigenvalue weighted by molar-refractivity contribution is 9.10. The molecule has 110 valence electrons. The smallest absolute Gasteiger partial charge is 0.244 e. The van der Waals surface area contributed by atoms with Crippen LogP contribution in [0.1, 0.15) is 12.8 Å². The van der Waals surface area contributed by atoms with Gasteiger partial charge in [-0.25, -0.2) is 18.1 Å². The molecular weight excluding hydrogens is 348 g/mol. The fourth-order valence-electron chi connectivity index (χ4n) is 1.93. The van der Waals surface area contributed by atoms with Gasteiger partial charge >= 0.3 is 0 Å². The summed E-state index contributed by atoms with van der Waals surface area (Å²) < 4.78 is 27.6. The molecule has 0 radical (unpaired) electrons. The summed E-state index contributed by atoms with van der Waals surface area (Å²) in [5, 5.41) is 5.45. The van der Waals surface area contributed by atoms with Crippen LogP contribution in [0.3, 0.4) is 0 Å². The van der Waals surface area contributed by atoms with Crippen molar-refractivity contribution in [2.75, 3.05) is 18.9 Å². The van der Waals surface area contributed by atoms with Gasteiger partial charge in [-0.2, -0.15) is 0 Å². The van der Waals surface area contributed by atoms with Gasteiger partial charge in [-0.05, 0) is 28.4 Å². The van der Waals surface area contributed by atoms with Gasteiger partial charge in [-0.15, -0.1) is 0 Å². The first kappa shape index (κ1) is 15.2. The summed E-state index contributed by atoms with van der Waals surface area (Å²) in [6.07, 6.45) is 2.59. The second-order valence-corrected chi connectivity index (χ2v) is 7.06. The van der Waals surface area contributed by atoms with Crippen LogP contribution in [0.5, 0.6) is 0 Å². The zero-order valence-electron chi connectivity index (χ0n) is 10.8. The molecule has 2 heterocycles. The van der Waals surface area contributed by atoms with Crippen LogP contribution in [0.2, 0.25) is 0 Å². The van der Waals surface area contributed by atoms with E-state index < -0.39 is 10.0 Å². The number of hydrogen-bond donors (Lipinski definition) is 3. The van der Waals surface area contributed by atoms with Crippen molar-refractivity contribution in [3.05, 3.63) is 16.7 Å². The Morgan fingerprint density at radius 2 is 2.30 bits per heavy atom. The summed E-state index contributed by atoms with van der Waals surface area (Å²) in [6.45, 7) is 0.170. The summed E-state index contributed by atoms with van der Waals surface area (Å²) in [4.78, 5) is 15.2. The maximum absolute atomic E-state index is 12.3. The van der Waals surface area contributed by atoms with Crippen molar-refractivity contribution in [1.29, 1.82) is 0 Å². The molecule has 1 amide bonds. The maximum Gasteiger partial charge on any atom is 0.244 e. The molecule has 1 aliphatic heterocycles. The van der Waals surface area contributed by atoms with E-state index in [1.165, 1.54) is 12.3 Å². The lowest BCUT2D eigenvalue weighted by molar-refractivity contribution is -0.119. The fraction of sp³-hybridized carbons (Fsp3) is 0.455. The van der Waals surface area contributed by atoms with E-state index in [1.54, 1.807) is 7.05 Å². The Hall–Kier alpha value is -1.19. The molecule has 0 aliphatic carbocycles. The number of carbonyl (C=O) groups excluding carboxylic acids is 1. The fourth-order valence-corrected chi connectivity index (χ4v) is 3.68. The van der Waals surface area contributed by atoms with Crippen molar-refractivity contribution in [1.82, 2.24) is 15.0 Å². The van der Waals surface area contributed by atoms with E-state index >= 15 is 0 Å². The lowest BCUT2D eigenvalue weighted by Gasteiger charge is -2.13. The number of anilines is 1. The average Bonchev–Trinajstić information content (AvgIpc) is 2.82. The Morgan fingerprint density at radius 1 is 1.55 bits per heavy atom. The van der Waals surface area contributed by atoms with E-state index in [4.69, 9.17) is 0 Å². The lowest BCUT2D eigenvalue weighted by atomic mass is 10.2. The van der Waals surface area contributed by atoms with Gasteiger partial charge in [-0.1, -0.05) is 0 Å². The predicted molar refractivity (Wildman–Crippen MR) is 77.8 cm³/mol. The largest absolute Gasteiger partial charge is 0.372 e. The number of sulfonamides is 1. The molecule has 0 saturated carbocycles. The van der Waals surface area contributed by atoms with E-state index in [0.717, 1.165) is 0 Å². The molecule has 1 saturated heterocycles. The first-order valence-corrected chi connectivity index (χ1v) is 8.32. The number of pyridine rings is 1. The number of aromatic nitrogens is 1. The van der Waals surface area contributed by atoms with Crippen LogP contribution in [0.15, 0.2) is 21.6 Å². The molecule has 1 fully saturated rings. The third-order valence-corrected chi connectivity index (χ3v) is 4.82. The van der Waals surface area contributed by atoms with Crippen LogP contribution in [-0.2, 0) is 14.8 Å². The molecule has 0 spiro atoms. The molecular formula is C11H15BrN4O3S. The second-order valence-electron chi connectivity index (χ2n) is 4.41. The molecule has 0 aromatic carbocycles. The summed E-state index contributed by atoms with van der Waals surface area (Å²) in [5.41, 5.74) is 0. The van der Waals surface area contributed by atoms with E-state index in [-0.39, 0.29) is 29.2 Å². The van der Waals surface area contributed by atoms with Crippen molar-refractivity contribution in [2.45, 2.75) is 23.8 Å². The third-order valence-electron chi connectivity index (χ3n) is 2.95. The summed E-state index contributed by atoms with van der Waals surface area (Å²) in [6, 6.07) is 1.32. The molecule has 1 aromatic rings. The van der Waals surface area contributed by atoms with E-state index in [2.05, 4.69) is 36.3 Å². The van der Waals surface area contributed by atoms with Crippen LogP contribution in [0.25, 0.3) is 0 Å². The van der Waals surface area contributed by atoms with Gasteiger partial charge in [0, 0.05) is 36.7 Å². The van der Waals surface area contributed by atoms with Crippen molar-refractivity contribution >= 4 is 37.7 Å². The first-order chi connectivity index (χ1) is 9.42. The summed E-state index contributed by atoms with van der Waals surface area (Å²) in [5.74, 6) is 0.227. The zero-order chi connectivity index (χ0) is 14.8. The van der Waals surface area contributed by atoms with Gasteiger partial charge in [0.05, 0.1) is 0 Å². The molecule has 1 unspecified atom stereocenters. The highest BCUT2D eigenvalue weighted by Gasteiger charge is 2.25. The van der Waals surface area contributed by atoms with Crippen molar-refractivity contribution in [3.8, 4) is 0 Å². The minimum absolute atomic E-state index is 0.0470. The minimum Gasteiger partial charge on any atom is -0.372 e. The first-order valence-electron chi connectivity index (χ1n) is 6.04. The highest BCUT2D eigenvalue weighted by Crippen LogP contribution is 2.22. The molecule has 2 rings (SSSR count). The standard InChI is InChI=1S/C11H15BrN4O3S/c1-13-11-9(4-7(12)5-14-11)20(18,19)15-6-8-2-3-10(17)16-8/h4-5,8,15H,2-3,6H2,1H3,(H,13,14)(H,16,17). The molecule has 1 aromatic heterocycles. The van der Waals surface area contributed by atoms with Gasteiger partial charge in [0.1, 0.15) is 10.7 Å². The number of nitrogens with zero attached hydrogens (tertiary/aromatic N) is 1.